The smallest absolute Gasteiger partial charge is 0.0665 e. The molecule has 86 valence electrons. The summed E-state index contributed by atoms with van der Waals surface area (Å²) in [5.74, 6) is 0.468. The third kappa shape index (κ3) is 2.89. The highest BCUT2D eigenvalue weighted by molar-refractivity contribution is 5.20. The van der Waals surface area contributed by atoms with Gasteiger partial charge in [-0.15, -0.1) is 0 Å². The lowest BCUT2D eigenvalue weighted by molar-refractivity contribution is 0.0404. The van der Waals surface area contributed by atoms with Gasteiger partial charge in [-0.2, -0.15) is 17.7 Å². The lowest BCUT2D eigenvalue weighted by atomic mass is 9.98. The van der Waals surface area contributed by atoms with Crippen LogP contribution in [0.2, 0.25) is 0 Å². The van der Waals surface area contributed by atoms with Gasteiger partial charge in [-0.25, -0.2) is 12.1 Å². The van der Waals surface area contributed by atoms with E-state index in [1.165, 1.54) is 5.56 Å². The first-order valence-corrected chi connectivity index (χ1v) is 6.07. The van der Waals surface area contributed by atoms with Crippen molar-refractivity contribution < 1.29 is 4.74 Å². The maximum Gasteiger partial charge on any atom is 0.0665 e. The van der Waals surface area contributed by atoms with Crippen LogP contribution in [0.25, 0.3) is 0 Å². The Labute approximate surface area is 97.8 Å². The van der Waals surface area contributed by atoms with E-state index in [2.05, 4.69) is 55.5 Å². The molecule has 0 bridgehead atoms. The zero-order valence-corrected chi connectivity index (χ0v) is 9.80. The van der Waals surface area contributed by atoms with Crippen molar-refractivity contribution in [1.29, 1.82) is 0 Å². The molecule has 1 aromatic carbocycles. The third-order valence-electron chi connectivity index (χ3n) is 3.04. The first-order chi connectivity index (χ1) is 7.90. The molecule has 0 aromatic heterocycles. The Morgan fingerprint density at radius 3 is 2.50 bits per heavy atom. The summed E-state index contributed by atoms with van der Waals surface area (Å²) in [4.78, 5) is 0. The predicted molar refractivity (Wildman–Crippen MR) is 67.5 cm³/mol. The van der Waals surface area contributed by atoms with Crippen LogP contribution in [-0.4, -0.2) is 12.7 Å². The maximum absolute atomic E-state index is 5.82. The van der Waals surface area contributed by atoms with E-state index in [1.807, 2.05) is 0 Å². The fourth-order valence-electron chi connectivity index (χ4n) is 2.19. The molecular weight excluding hydrogens is 196 g/mol. The van der Waals surface area contributed by atoms with Crippen molar-refractivity contribution in [3.63, 3.8) is 0 Å². The van der Waals surface area contributed by atoms with E-state index in [0.717, 1.165) is 19.4 Å². The summed E-state index contributed by atoms with van der Waals surface area (Å²) in [5.41, 5.74) is 1.41. The standard InChI is InChI=1S/C15H19O/c1-2-16-15(14-9-5-6-10-14)12-11-13-7-3-4-8-13/h3-10,14-15H,2,11-12H2,1H3/q-1. The van der Waals surface area contributed by atoms with Crippen LogP contribution in [0.15, 0.2) is 48.6 Å². The Morgan fingerprint density at radius 1 is 1.19 bits per heavy atom. The number of hydrogen-bond acceptors (Lipinski definition) is 1. The molecule has 1 heteroatoms. The number of hydrogen-bond donors (Lipinski definition) is 0. The van der Waals surface area contributed by atoms with Crippen molar-refractivity contribution >= 4 is 0 Å². The summed E-state index contributed by atoms with van der Waals surface area (Å²) in [6.45, 7) is 2.86. The second kappa shape index (κ2) is 5.76. The second-order valence-corrected chi connectivity index (χ2v) is 4.17. The molecule has 0 aliphatic heterocycles. The summed E-state index contributed by atoms with van der Waals surface area (Å²) in [6, 6.07) is 8.56. The van der Waals surface area contributed by atoms with Gasteiger partial charge >= 0.3 is 0 Å². The Morgan fingerprint density at radius 2 is 1.88 bits per heavy atom. The van der Waals surface area contributed by atoms with Crippen molar-refractivity contribution in [2.75, 3.05) is 6.61 Å². The normalized spacial score (nSPS) is 17.1. The molecule has 0 heterocycles. The zero-order chi connectivity index (χ0) is 11.2. The van der Waals surface area contributed by atoms with Crippen molar-refractivity contribution in [2.45, 2.75) is 25.9 Å². The van der Waals surface area contributed by atoms with E-state index in [1.54, 1.807) is 0 Å². The van der Waals surface area contributed by atoms with Crippen molar-refractivity contribution in [3.05, 3.63) is 54.1 Å². The van der Waals surface area contributed by atoms with Crippen LogP contribution in [0.4, 0.5) is 0 Å². The topological polar surface area (TPSA) is 9.23 Å². The van der Waals surface area contributed by atoms with Crippen molar-refractivity contribution in [3.8, 4) is 0 Å². The van der Waals surface area contributed by atoms with Crippen molar-refractivity contribution in [2.24, 2.45) is 5.92 Å². The molecule has 0 saturated heterocycles. The van der Waals surface area contributed by atoms with Gasteiger partial charge < -0.3 is 4.74 Å². The maximum atomic E-state index is 5.82. The van der Waals surface area contributed by atoms with Gasteiger partial charge in [0.2, 0.25) is 0 Å². The summed E-state index contributed by atoms with van der Waals surface area (Å²) < 4.78 is 5.82. The van der Waals surface area contributed by atoms with Gasteiger partial charge in [0.1, 0.15) is 0 Å². The molecule has 0 fully saturated rings. The van der Waals surface area contributed by atoms with Gasteiger partial charge in [0.05, 0.1) is 6.10 Å². The minimum atomic E-state index is 0.329. The fraction of sp³-hybridized carbons (Fsp3) is 0.400. The average Bonchev–Trinajstić information content (AvgIpc) is 2.96. The quantitative estimate of drug-likeness (QED) is 0.660. The van der Waals surface area contributed by atoms with Crippen LogP contribution in [0.3, 0.4) is 0 Å². The highest BCUT2D eigenvalue weighted by Crippen LogP contribution is 2.21. The molecule has 1 atom stereocenters. The number of ether oxygens (including phenoxy) is 1. The fourth-order valence-corrected chi connectivity index (χ4v) is 2.19. The first-order valence-electron chi connectivity index (χ1n) is 6.07. The highest BCUT2D eigenvalue weighted by Gasteiger charge is 2.17. The SMILES string of the molecule is CCOC(CC[c-]1cccc1)C1C=CC=C1. The van der Waals surface area contributed by atoms with Gasteiger partial charge in [0.15, 0.2) is 0 Å². The molecular formula is C15H19O-. The number of rotatable bonds is 6. The van der Waals surface area contributed by atoms with E-state index in [-0.39, 0.29) is 0 Å². The summed E-state index contributed by atoms with van der Waals surface area (Å²) in [7, 11) is 0. The molecule has 1 nitrogen and oxygen atoms in total. The lowest BCUT2D eigenvalue weighted by Crippen LogP contribution is -2.21. The molecule has 1 aliphatic rings. The molecule has 1 aliphatic carbocycles. The number of aryl methyl sites for hydroxylation is 1. The average molecular weight is 215 g/mol. The van der Waals surface area contributed by atoms with Crippen LogP contribution >= 0.6 is 0 Å². The highest BCUT2D eigenvalue weighted by atomic mass is 16.5. The second-order valence-electron chi connectivity index (χ2n) is 4.17. The molecule has 1 unspecified atom stereocenters. The number of allylic oxidation sites excluding steroid dienone is 2. The summed E-state index contributed by atoms with van der Waals surface area (Å²) in [5, 5.41) is 0. The monoisotopic (exact) mass is 215 g/mol. The molecule has 0 amide bonds. The molecule has 2 rings (SSSR count). The Hall–Kier alpha value is -1.21. The van der Waals surface area contributed by atoms with E-state index >= 15 is 0 Å². The van der Waals surface area contributed by atoms with Gasteiger partial charge in [-0.3, -0.25) is 0 Å². The van der Waals surface area contributed by atoms with Gasteiger partial charge in [-0.05, 0) is 13.3 Å². The molecule has 0 N–H and O–H groups in total. The third-order valence-corrected chi connectivity index (χ3v) is 3.04. The van der Waals surface area contributed by atoms with Gasteiger partial charge in [0.25, 0.3) is 0 Å². The van der Waals surface area contributed by atoms with Crippen LogP contribution in [0.5, 0.6) is 0 Å². The Bertz CT molecular complexity index is 334. The van der Waals surface area contributed by atoms with E-state index < -0.39 is 0 Å². The summed E-state index contributed by atoms with van der Waals surface area (Å²) >= 11 is 0. The molecule has 1 aromatic rings. The molecule has 0 saturated carbocycles. The van der Waals surface area contributed by atoms with E-state index in [9.17, 15) is 0 Å². The van der Waals surface area contributed by atoms with Crippen LogP contribution in [-0.2, 0) is 11.2 Å². The molecule has 0 radical (unpaired) electrons. The largest absolute Gasteiger partial charge is 0.378 e. The summed E-state index contributed by atoms with van der Waals surface area (Å²) in [6.07, 6.45) is 11.2. The van der Waals surface area contributed by atoms with Gasteiger partial charge in [0, 0.05) is 12.5 Å². The Balaban J connectivity index is 1.87. The minimum Gasteiger partial charge on any atom is -0.378 e. The molecule has 16 heavy (non-hydrogen) atoms. The van der Waals surface area contributed by atoms with Crippen LogP contribution in [0, 0.1) is 5.92 Å². The molecule has 0 spiro atoms. The Kier molecular flexibility index (Phi) is 4.06. The van der Waals surface area contributed by atoms with E-state index in [0.29, 0.717) is 12.0 Å². The van der Waals surface area contributed by atoms with E-state index in [4.69, 9.17) is 4.74 Å². The van der Waals surface area contributed by atoms with Crippen LogP contribution < -0.4 is 0 Å². The van der Waals surface area contributed by atoms with Crippen molar-refractivity contribution in [1.82, 2.24) is 0 Å². The first kappa shape index (κ1) is 11.3. The minimum absolute atomic E-state index is 0.329. The predicted octanol–water partition coefficient (Wildman–Crippen LogP) is 3.49. The van der Waals surface area contributed by atoms with Crippen LogP contribution in [0.1, 0.15) is 18.9 Å². The van der Waals surface area contributed by atoms with Gasteiger partial charge in [-0.1, -0.05) is 30.7 Å². The zero-order valence-electron chi connectivity index (χ0n) is 9.80. The lowest BCUT2D eigenvalue weighted by Gasteiger charge is -2.21.